The van der Waals surface area contributed by atoms with Gasteiger partial charge in [-0.25, -0.2) is 4.39 Å². The number of hydrogen-bond acceptors (Lipinski definition) is 2. The number of rotatable bonds is 2. The molecular formula is C14H18FN3. The molecule has 0 bridgehead atoms. The van der Waals surface area contributed by atoms with Gasteiger partial charge in [-0.3, -0.25) is 4.90 Å². The Bertz CT molecular complexity index is 541. The van der Waals surface area contributed by atoms with Gasteiger partial charge >= 0.3 is 0 Å². The SMILES string of the molecule is CN1CCN(Cc2c[nH]c3c(F)cccc23)CC1. The van der Waals surface area contributed by atoms with Crippen molar-refractivity contribution in [1.29, 1.82) is 0 Å². The van der Waals surface area contributed by atoms with Gasteiger partial charge in [-0.05, 0) is 18.7 Å². The zero-order valence-corrected chi connectivity index (χ0v) is 10.6. The van der Waals surface area contributed by atoms with Crippen molar-refractivity contribution in [3.05, 3.63) is 35.8 Å². The first-order valence-electron chi connectivity index (χ1n) is 6.39. The summed E-state index contributed by atoms with van der Waals surface area (Å²) in [6.45, 7) is 5.28. The Morgan fingerprint density at radius 1 is 1.22 bits per heavy atom. The Balaban J connectivity index is 1.81. The van der Waals surface area contributed by atoms with Gasteiger partial charge < -0.3 is 9.88 Å². The highest BCUT2D eigenvalue weighted by Crippen LogP contribution is 2.22. The molecule has 4 heteroatoms. The van der Waals surface area contributed by atoms with Crippen molar-refractivity contribution in [3.8, 4) is 0 Å². The fraction of sp³-hybridized carbons (Fsp3) is 0.429. The Labute approximate surface area is 106 Å². The molecule has 1 saturated heterocycles. The van der Waals surface area contributed by atoms with E-state index in [2.05, 4.69) is 21.8 Å². The number of aromatic nitrogens is 1. The highest BCUT2D eigenvalue weighted by atomic mass is 19.1. The van der Waals surface area contributed by atoms with E-state index in [1.165, 1.54) is 11.6 Å². The number of hydrogen-bond donors (Lipinski definition) is 1. The van der Waals surface area contributed by atoms with Crippen molar-refractivity contribution in [2.24, 2.45) is 0 Å². The topological polar surface area (TPSA) is 22.3 Å². The van der Waals surface area contributed by atoms with Crippen LogP contribution < -0.4 is 0 Å². The summed E-state index contributed by atoms with van der Waals surface area (Å²) >= 11 is 0. The van der Waals surface area contributed by atoms with Crippen LogP contribution in [0.2, 0.25) is 0 Å². The molecule has 0 spiro atoms. The van der Waals surface area contributed by atoms with Crippen LogP contribution >= 0.6 is 0 Å². The van der Waals surface area contributed by atoms with E-state index in [4.69, 9.17) is 0 Å². The molecule has 0 aliphatic carbocycles. The summed E-state index contributed by atoms with van der Waals surface area (Å²) < 4.78 is 13.6. The molecule has 1 N–H and O–H groups in total. The van der Waals surface area contributed by atoms with Gasteiger partial charge in [0.05, 0.1) is 5.52 Å². The van der Waals surface area contributed by atoms with E-state index in [0.717, 1.165) is 38.1 Å². The van der Waals surface area contributed by atoms with Crippen molar-refractivity contribution in [3.63, 3.8) is 0 Å². The molecule has 96 valence electrons. The lowest BCUT2D eigenvalue weighted by molar-refractivity contribution is 0.148. The lowest BCUT2D eigenvalue weighted by Gasteiger charge is -2.32. The molecular weight excluding hydrogens is 229 g/mol. The highest BCUT2D eigenvalue weighted by Gasteiger charge is 2.16. The fourth-order valence-electron chi connectivity index (χ4n) is 2.55. The van der Waals surface area contributed by atoms with Gasteiger partial charge in [0.25, 0.3) is 0 Å². The summed E-state index contributed by atoms with van der Waals surface area (Å²) in [4.78, 5) is 7.81. The van der Waals surface area contributed by atoms with Crippen molar-refractivity contribution >= 4 is 10.9 Å². The first kappa shape index (κ1) is 11.7. The molecule has 0 saturated carbocycles. The van der Waals surface area contributed by atoms with E-state index in [9.17, 15) is 4.39 Å². The molecule has 1 aromatic carbocycles. The van der Waals surface area contributed by atoms with Gasteiger partial charge in [0.2, 0.25) is 0 Å². The molecule has 1 aliphatic rings. The standard InChI is InChI=1S/C14H18FN3/c1-17-5-7-18(8-6-17)10-11-9-16-14-12(11)3-2-4-13(14)15/h2-4,9,16H,5-8,10H2,1H3. The van der Waals surface area contributed by atoms with E-state index in [-0.39, 0.29) is 5.82 Å². The van der Waals surface area contributed by atoms with E-state index in [1.54, 1.807) is 6.07 Å². The lowest BCUT2D eigenvalue weighted by atomic mass is 10.1. The average Bonchev–Trinajstić information content (AvgIpc) is 2.77. The molecule has 1 aromatic heterocycles. The Hall–Kier alpha value is -1.39. The Morgan fingerprint density at radius 2 is 2.00 bits per heavy atom. The van der Waals surface area contributed by atoms with E-state index in [0.29, 0.717) is 5.52 Å². The predicted molar refractivity (Wildman–Crippen MR) is 71.0 cm³/mol. The third kappa shape index (κ3) is 2.13. The van der Waals surface area contributed by atoms with Crippen LogP contribution in [0.1, 0.15) is 5.56 Å². The maximum atomic E-state index is 13.6. The fourth-order valence-corrected chi connectivity index (χ4v) is 2.55. The second-order valence-corrected chi connectivity index (χ2v) is 5.06. The minimum absolute atomic E-state index is 0.169. The average molecular weight is 247 g/mol. The van der Waals surface area contributed by atoms with E-state index in [1.807, 2.05) is 12.3 Å². The second kappa shape index (κ2) is 4.71. The highest BCUT2D eigenvalue weighted by molar-refractivity contribution is 5.83. The Kier molecular flexibility index (Phi) is 3.06. The van der Waals surface area contributed by atoms with E-state index >= 15 is 0 Å². The third-order valence-corrected chi connectivity index (χ3v) is 3.74. The molecule has 2 aromatic rings. The smallest absolute Gasteiger partial charge is 0.147 e. The Morgan fingerprint density at radius 3 is 2.78 bits per heavy atom. The predicted octanol–water partition coefficient (Wildman–Crippen LogP) is 2.05. The van der Waals surface area contributed by atoms with Gasteiger partial charge in [-0.2, -0.15) is 0 Å². The summed E-state index contributed by atoms with van der Waals surface area (Å²) in [7, 11) is 2.15. The van der Waals surface area contributed by atoms with Gasteiger partial charge in [-0.1, -0.05) is 12.1 Å². The summed E-state index contributed by atoms with van der Waals surface area (Å²) in [5.41, 5.74) is 1.82. The largest absolute Gasteiger partial charge is 0.358 e. The number of nitrogens with one attached hydrogen (secondary N) is 1. The monoisotopic (exact) mass is 247 g/mol. The maximum Gasteiger partial charge on any atom is 0.147 e. The number of nitrogens with zero attached hydrogens (tertiary/aromatic N) is 2. The van der Waals surface area contributed by atoms with Crippen molar-refractivity contribution in [2.75, 3.05) is 33.2 Å². The first-order valence-corrected chi connectivity index (χ1v) is 6.39. The molecule has 0 unspecified atom stereocenters. The molecule has 0 radical (unpaired) electrons. The number of halogens is 1. The minimum atomic E-state index is -0.169. The van der Waals surface area contributed by atoms with Crippen molar-refractivity contribution in [1.82, 2.24) is 14.8 Å². The summed E-state index contributed by atoms with van der Waals surface area (Å²) in [5.74, 6) is -0.169. The molecule has 0 atom stereocenters. The molecule has 3 nitrogen and oxygen atoms in total. The van der Waals surface area contributed by atoms with Gasteiger partial charge in [0, 0.05) is 44.3 Å². The molecule has 2 heterocycles. The zero-order valence-electron chi connectivity index (χ0n) is 10.6. The number of likely N-dealkylation sites (N-methyl/N-ethyl adjacent to an activating group) is 1. The number of piperazine rings is 1. The summed E-state index contributed by atoms with van der Waals surface area (Å²) in [6, 6.07) is 5.26. The van der Waals surface area contributed by atoms with Gasteiger partial charge in [-0.15, -0.1) is 0 Å². The van der Waals surface area contributed by atoms with Crippen LogP contribution in [0.15, 0.2) is 24.4 Å². The third-order valence-electron chi connectivity index (χ3n) is 3.74. The summed E-state index contributed by atoms with van der Waals surface area (Å²) in [6.07, 6.45) is 1.94. The second-order valence-electron chi connectivity index (χ2n) is 5.06. The van der Waals surface area contributed by atoms with Crippen LogP contribution in [0.3, 0.4) is 0 Å². The molecule has 3 rings (SSSR count). The first-order chi connectivity index (χ1) is 8.74. The maximum absolute atomic E-state index is 13.6. The molecule has 0 amide bonds. The zero-order chi connectivity index (χ0) is 12.5. The van der Waals surface area contributed by atoms with Crippen molar-refractivity contribution < 1.29 is 4.39 Å². The van der Waals surface area contributed by atoms with Gasteiger partial charge in [0.15, 0.2) is 0 Å². The number of fused-ring (bicyclic) bond motifs is 1. The number of H-pyrrole nitrogens is 1. The van der Waals surface area contributed by atoms with Crippen LogP contribution in [0.4, 0.5) is 4.39 Å². The quantitative estimate of drug-likeness (QED) is 0.877. The normalized spacial score (nSPS) is 18.6. The molecule has 18 heavy (non-hydrogen) atoms. The molecule has 1 fully saturated rings. The van der Waals surface area contributed by atoms with Crippen LogP contribution in [0.25, 0.3) is 10.9 Å². The van der Waals surface area contributed by atoms with E-state index < -0.39 is 0 Å². The van der Waals surface area contributed by atoms with Crippen LogP contribution in [0.5, 0.6) is 0 Å². The lowest BCUT2D eigenvalue weighted by Crippen LogP contribution is -2.43. The minimum Gasteiger partial charge on any atom is -0.358 e. The van der Waals surface area contributed by atoms with Gasteiger partial charge in [0.1, 0.15) is 5.82 Å². The van der Waals surface area contributed by atoms with Crippen LogP contribution in [0, 0.1) is 5.82 Å². The number of aromatic amines is 1. The van der Waals surface area contributed by atoms with Crippen molar-refractivity contribution in [2.45, 2.75) is 6.54 Å². The van der Waals surface area contributed by atoms with Crippen LogP contribution in [-0.4, -0.2) is 48.0 Å². The number of benzene rings is 1. The van der Waals surface area contributed by atoms with Crippen LogP contribution in [-0.2, 0) is 6.54 Å². The summed E-state index contributed by atoms with van der Waals surface area (Å²) in [5, 5.41) is 1.01. The molecule has 1 aliphatic heterocycles. The number of para-hydroxylation sites is 1.